The normalized spacial score (nSPS) is 11.3. The van der Waals surface area contributed by atoms with Crippen LogP contribution in [0.25, 0.3) is 0 Å². The van der Waals surface area contributed by atoms with Crippen molar-refractivity contribution in [1.82, 2.24) is 15.6 Å². The largest absolute Gasteiger partial charge is 0.494 e. The number of pyridine rings is 1. The Balaban J connectivity index is 1.75. The lowest BCUT2D eigenvalue weighted by Crippen LogP contribution is -2.37. The molecule has 0 saturated carbocycles. The summed E-state index contributed by atoms with van der Waals surface area (Å²) in [4.78, 5) is 8.35. The van der Waals surface area contributed by atoms with E-state index in [1.54, 1.807) is 19.3 Å². The standard InChI is InChI=1S/C20H27ClN4O/c1-3-4-12-26-18-7-5-6-17(13-18)15-25-20(22-2)23-11-10-16-8-9-19(21)24-14-16/h5-9,13-14H,3-4,10-12,15H2,1-2H3,(H2,22,23,25). The number of ether oxygens (including phenoxy) is 1. The fourth-order valence-electron chi connectivity index (χ4n) is 2.37. The van der Waals surface area contributed by atoms with E-state index in [0.29, 0.717) is 11.7 Å². The van der Waals surface area contributed by atoms with E-state index in [9.17, 15) is 0 Å². The number of unbranched alkanes of at least 4 members (excludes halogenated alkanes) is 1. The summed E-state index contributed by atoms with van der Waals surface area (Å²) in [6, 6.07) is 11.9. The predicted molar refractivity (Wildman–Crippen MR) is 108 cm³/mol. The number of hydrogen-bond acceptors (Lipinski definition) is 3. The van der Waals surface area contributed by atoms with Crippen LogP contribution >= 0.6 is 11.6 Å². The van der Waals surface area contributed by atoms with Crippen molar-refractivity contribution in [2.75, 3.05) is 20.2 Å². The molecule has 2 rings (SSSR count). The molecule has 1 heterocycles. The van der Waals surface area contributed by atoms with Gasteiger partial charge >= 0.3 is 0 Å². The average Bonchev–Trinajstić information content (AvgIpc) is 2.66. The van der Waals surface area contributed by atoms with Crippen LogP contribution in [0, 0.1) is 0 Å². The van der Waals surface area contributed by atoms with Crippen molar-refractivity contribution in [3.8, 4) is 5.75 Å². The molecule has 0 unspecified atom stereocenters. The van der Waals surface area contributed by atoms with Crippen molar-refractivity contribution in [2.24, 2.45) is 4.99 Å². The summed E-state index contributed by atoms with van der Waals surface area (Å²) in [5.41, 5.74) is 2.29. The first-order valence-corrected chi connectivity index (χ1v) is 9.35. The van der Waals surface area contributed by atoms with Crippen molar-refractivity contribution in [1.29, 1.82) is 0 Å². The van der Waals surface area contributed by atoms with E-state index < -0.39 is 0 Å². The van der Waals surface area contributed by atoms with Crippen molar-refractivity contribution >= 4 is 17.6 Å². The number of aliphatic imine (C=N–C) groups is 1. The summed E-state index contributed by atoms with van der Waals surface area (Å²) in [5, 5.41) is 7.14. The van der Waals surface area contributed by atoms with Crippen molar-refractivity contribution in [3.05, 3.63) is 58.9 Å². The summed E-state index contributed by atoms with van der Waals surface area (Å²) >= 11 is 5.80. The van der Waals surface area contributed by atoms with E-state index in [4.69, 9.17) is 16.3 Å². The number of nitrogens with one attached hydrogen (secondary N) is 2. The molecular weight excluding hydrogens is 348 g/mol. The maximum atomic E-state index is 5.80. The van der Waals surface area contributed by atoms with Crippen LogP contribution in [-0.2, 0) is 13.0 Å². The number of hydrogen-bond donors (Lipinski definition) is 2. The third kappa shape index (κ3) is 7.31. The highest BCUT2D eigenvalue weighted by molar-refractivity contribution is 6.29. The Bertz CT molecular complexity index is 688. The first-order valence-electron chi connectivity index (χ1n) is 8.98. The third-order valence-corrected chi connectivity index (χ3v) is 4.07. The maximum Gasteiger partial charge on any atom is 0.191 e. The summed E-state index contributed by atoms with van der Waals surface area (Å²) in [6.45, 7) is 4.37. The van der Waals surface area contributed by atoms with Crippen LogP contribution < -0.4 is 15.4 Å². The molecule has 0 atom stereocenters. The molecule has 5 nitrogen and oxygen atoms in total. The van der Waals surface area contributed by atoms with Gasteiger partial charge in [0.15, 0.2) is 5.96 Å². The van der Waals surface area contributed by atoms with E-state index in [-0.39, 0.29) is 0 Å². The van der Waals surface area contributed by atoms with Crippen LogP contribution in [0.3, 0.4) is 0 Å². The Morgan fingerprint density at radius 3 is 2.81 bits per heavy atom. The molecule has 0 saturated heterocycles. The molecule has 140 valence electrons. The van der Waals surface area contributed by atoms with Crippen molar-refractivity contribution in [2.45, 2.75) is 32.7 Å². The quantitative estimate of drug-likeness (QED) is 0.303. The number of halogens is 1. The molecule has 26 heavy (non-hydrogen) atoms. The second-order valence-electron chi connectivity index (χ2n) is 5.94. The second-order valence-corrected chi connectivity index (χ2v) is 6.33. The van der Waals surface area contributed by atoms with Gasteiger partial charge in [-0.2, -0.15) is 0 Å². The second kappa shape index (κ2) is 11.4. The Morgan fingerprint density at radius 2 is 2.08 bits per heavy atom. The van der Waals surface area contributed by atoms with Gasteiger partial charge in [0.1, 0.15) is 10.9 Å². The zero-order chi connectivity index (χ0) is 18.6. The number of guanidine groups is 1. The molecule has 0 aliphatic carbocycles. The average molecular weight is 375 g/mol. The molecule has 0 bridgehead atoms. The highest BCUT2D eigenvalue weighted by Gasteiger charge is 2.01. The minimum atomic E-state index is 0.514. The smallest absolute Gasteiger partial charge is 0.191 e. The molecule has 2 N–H and O–H groups in total. The van der Waals surface area contributed by atoms with Gasteiger partial charge in [-0.1, -0.05) is 43.1 Å². The van der Waals surface area contributed by atoms with Crippen LogP contribution in [0.15, 0.2) is 47.6 Å². The molecule has 2 aromatic rings. The summed E-state index contributed by atoms with van der Waals surface area (Å²) in [7, 11) is 1.77. The zero-order valence-corrected chi connectivity index (χ0v) is 16.2. The first kappa shape index (κ1) is 20.0. The molecule has 6 heteroatoms. The van der Waals surface area contributed by atoms with Crippen LogP contribution in [0.5, 0.6) is 5.75 Å². The lowest BCUT2D eigenvalue weighted by molar-refractivity contribution is 0.309. The van der Waals surface area contributed by atoms with E-state index in [1.807, 2.05) is 18.2 Å². The topological polar surface area (TPSA) is 58.5 Å². The van der Waals surface area contributed by atoms with Gasteiger partial charge in [0, 0.05) is 26.3 Å². The van der Waals surface area contributed by atoms with Crippen LogP contribution in [-0.4, -0.2) is 31.1 Å². The Hall–Kier alpha value is -2.27. The molecule has 0 aliphatic rings. The SMILES string of the molecule is CCCCOc1cccc(CNC(=NC)NCCc2ccc(Cl)nc2)c1. The van der Waals surface area contributed by atoms with E-state index >= 15 is 0 Å². The lowest BCUT2D eigenvalue weighted by Gasteiger charge is -2.13. The van der Waals surface area contributed by atoms with Gasteiger partial charge in [-0.25, -0.2) is 4.98 Å². The zero-order valence-electron chi connectivity index (χ0n) is 15.5. The number of aromatic nitrogens is 1. The first-order chi connectivity index (χ1) is 12.7. The molecule has 0 amide bonds. The van der Waals surface area contributed by atoms with Crippen LogP contribution in [0.2, 0.25) is 5.15 Å². The predicted octanol–water partition coefficient (Wildman–Crippen LogP) is 3.82. The van der Waals surface area contributed by atoms with Crippen LogP contribution in [0.4, 0.5) is 0 Å². The molecule has 0 fully saturated rings. The summed E-state index contributed by atoms with van der Waals surface area (Å²) in [5.74, 6) is 1.68. The van der Waals surface area contributed by atoms with Crippen LogP contribution in [0.1, 0.15) is 30.9 Å². The van der Waals surface area contributed by atoms with E-state index in [0.717, 1.165) is 55.3 Å². The highest BCUT2D eigenvalue weighted by Crippen LogP contribution is 2.13. The number of benzene rings is 1. The van der Waals surface area contributed by atoms with Gasteiger partial charge in [0.05, 0.1) is 6.61 Å². The van der Waals surface area contributed by atoms with Gasteiger partial charge in [-0.15, -0.1) is 0 Å². The monoisotopic (exact) mass is 374 g/mol. The van der Waals surface area contributed by atoms with Crippen molar-refractivity contribution in [3.63, 3.8) is 0 Å². The van der Waals surface area contributed by atoms with E-state index in [2.05, 4.69) is 39.7 Å². The van der Waals surface area contributed by atoms with Gasteiger partial charge in [0.25, 0.3) is 0 Å². The Kier molecular flexibility index (Phi) is 8.76. The molecule has 0 radical (unpaired) electrons. The summed E-state index contributed by atoms with van der Waals surface area (Å²) < 4.78 is 5.75. The van der Waals surface area contributed by atoms with Gasteiger partial charge < -0.3 is 15.4 Å². The molecule has 1 aromatic heterocycles. The fraction of sp³-hybridized carbons (Fsp3) is 0.400. The Labute approximate surface area is 160 Å². The lowest BCUT2D eigenvalue weighted by atomic mass is 10.2. The fourth-order valence-corrected chi connectivity index (χ4v) is 2.48. The Morgan fingerprint density at radius 1 is 1.19 bits per heavy atom. The van der Waals surface area contributed by atoms with E-state index in [1.165, 1.54) is 0 Å². The van der Waals surface area contributed by atoms with Crippen molar-refractivity contribution < 1.29 is 4.74 Å². The van der Waals surface area contributed by atoms with Gasteiger partial charge in [-0.3, -0.25) is 4.99 Å². The number of nitrogens with zero attached hydrogens (tertiary/aromatic N) is 2. The van der Waals surface area contributed by atoms with Gasteiger partial charge in [-0.05, 0) is 42.2 Å². The molecule has 0 spiro atoms. The highest BCUT2D eigenvalue weighted by atomic mass is 35.5. The minimum absolute atomic E-state index is 0.514. The third-order valence-electron chi connectivity index (χ3n) is 3.84. The molecule has 0 aliphatic heterocycles. The maximum absolute atomic E-state index is 5.80. The van der Waals surface area contributed by atoms with Gasteiger partial charge in [0.2, 0.25) is 0 Å². The summed E-state index contributed by atoms with van der Waals surface area (Å²) in [6.07, 6.45) is 4.85. The minimum Gasteiger partial charge on any atom is -0.494 e. The molecule has 1 aromatic carbocycles. The molecular formula is C20H27ClN4O. The number of rotatable bonds is 9.